The van der Waals surface area contributed by atoms with Crippen LogP contribution in [-0.2, 0) is 11.3 Å². The fourth-order valence-corrected chi connectivity index (χ4v) is 3.32. The van der Waals surface area contributed by atoms with Crippen molar-refractivity contribution in [3.8, 4) is 5.75 Å². The molecule has 0 fully saturated rings. The van der Waals surface area contributed by atoms with E-state index in [1.807, 2.05) is 49.4 Å². The van der Waals surface area contributed by atoms with Crippen LogP contribution in [0, 0.1) is 6.92 Å². The van der Waals surface area contributed by atoms with Gasteiger partial charge < -0.3 is 10.4 Å². The predicted octanol–water partition coefficient (Wildman–Crippen LogP) is 4.59. The number of nitrogens with one attached hydrogen (secondary N) is 1. The van der Waals surface area contributed by atoms with Crippen molar-refractivity contribution >= 4 is 17.5 Å². The number of halogens is 1. The first kappa shape index (κ1) is 18.9. The van der Waals surface area contributed by atoms with Crippen LogP contribution in [0.15, 0.2) is 66.7 Å². The minimum absolute atomic E-state index is 0.105. The van der Waals surface area contributed by atoms with Crippen molar-refractivity contribution in [2.75, 3.05) is 0 Å². The maximum atomic E-state index is 12.6. The van der Waals surface area contributed by atoms with Gasteiger partial charge in [-0.15, -0.1) is 0 Å². The lowest BCUT2D eigenvalue weighted by Gasteiger charge is -2.19. The molecule has 5 heteroatoms. The van der Waals surface area contributed by atoms with Crippen LogP contribution in [0.3, 0.4) is 0 Å². The Morgan fingerprint density at radius 2 is 1.89 bits per heavy atom. The van der Waals surface area contributed by atoms with Crippen LogP contribution in [0.4, 0.5) is 0 Å². The van der Waals surface area contributed by atoms with Crippen LogP contribution < -0.4 is 5.32 Å². The van der Waals surface area contributed by atoms with E-state index in [1.54, 1.807) is 24.3 Å². The van der Waals surface area contributed by atoms with Crippen molar-refractivity contribution in [1.82, 2.24) is 10.3 Å². The molecular formula is C22H21ClN2O2. The first-order valence-corrected chi connectivity index (χ1v) is 9.13. The molecule has 138 valence electrons. The topological polar surface area (TPSA) is 62.2 Å². The molecule has 3 rings (SSSR count). The van der Waals surface area contributed by atoms with Crippen molar-refractivity contribution < 1.29 is 9.90 Å². The van der Waals surface area contributed by atoms with E-state index >= 15 is 0 Å². The molecule has 0 spiro atoms. The highest BCUT2D eigenvalue weighted by atomic mass is 35.5. The van der Waals surface area contributed by atoms with Crippen LogP contribution in [0.1, 0.15) is 34.9 Å². The molecule has 2 N–H and O–H groups in total. The Kier molecular flexibility index (Phi) is 6.09. The second-order valence-electron chi connectivity index (χ2n) is 6.42. The number of amides is 1. The summed E-state index contributed by atoms with van der Waals surface area (Å²) in [5, 5.41) is 13.4. The summed E-state index contributed by atoms with van der Waals surface area (Å²) in [6, 6.07) is 20.1. The monoisotopic (exact) mass is 380 g/mol. The standard InChI is InChI=1S/C22H21ClN2O2/c1-15-6-4-8-17(25-15)14-24-22(27)13-20(16-7-5-9-18(26)12-16)19-10-2-3-11-21(19)23/h2-12,20,26H,13-14H2,1H3,(H,24,27)/t20-/m0/s1. The number of rotatable bonds is 6. The summed E-state index contributed by atoms with van der Waals surface area (Å²) in [7, 11) is 0. The Labute approximate surface area is 163 Å². The van der Waals surface area contributed by atoms with Gasteiger partial charge in [-0.1, -0.05) is 48.0 Å². The molecule has 1 heterocycles. The van der Waals surface area contributed by atoms with Gasteiger partial charge in [0.15, 0.2) is 0 Å². The van der Waals surface area contributed by atoms with E-state index in [4.69, 9.17) is 11.6 Å². The maximum Gasteiger partial charge on any atom is 0.221 e. The third kappa shape index (κ3) is 5.08. The van der Waals surface area contributed by atoms with Gasteiger partial charge in [0, 0.05) is 23.1 Å². The summed E-state index contributed by atoms with van der Waals surface area (Å²) in [4.78, 5) is 17.0. The number of phenolic OH excluding ortho intramolecular Hbond substituents is 1. The Morgan fingerprint density at radius 1 is 1.11 bits per heavy atom. The smallest absolute Gasteiger partial charge is 0.221 e. The Hall–Kier alpha value is -2.85. The molecule has 0 saturated heterocycles. The lowest BCUT2D eigenvalue weighted by molar-refractivity contribution is -0.121. The van der Waals surface area contributed by atoms with Crippen molar-refractivity contribution in [2.24, 2.45) is 0 Å². The number of aromatic hydroxyl groups is 1. The second kappa shape index (κ2) is 8.69. The van der Waals surface area contributed by atoms with E-state index in [0.29, 0.717) is 11.6 Å². The first-order valence-electron chi connectivity index (χ1n) is 8.75. The summed E-state index contributed by atoms with van der Waals surface area (Å²) in [6.45, 7) is 2.29. The van der Waals surface area contributed by atoms with Crippen molar-refractivity contribution in [3.63, 3.8) is 0 Å². The molecule has 0 radical (unpaired) electrons. The molecule has 2 aromatic carbocycles. The average molecular weight is 381 g/mol. The molecule has 1 atom stereocenters. The van der Waals surface area contributed by atoms with Gasteiger partial charge in [0.05, 0.1) is 12.2 Å². The van der Waals surface area contributed by atoms with Crippen LogP contribution in [0.5, 0.6) is 5.75 Å². The number of aromatic nitrogens is 1. The lowest BCUT2D eigenvalue weighted by Crippen LogP contribution is -2.25. The highest BCUT2D eigenvalue weighted by Crippen LogP contribution is 2.34. The van der Waals surface area contributed by atoms with Gasteiger partial charge in [-0.05, 0) is 48.4 Å². The minimum Gasteiger partial charge on any atom is -0.508 e. The zero-order valence-corrected chi connectivity index (χ0v) is 15.8. The molecule has 3 aromatic rings. The van der Waals surface area contributed by atoms with E-state index < -0.39 is 0 Å². The molecule has 0 saturated carbocycles. The van der Waals surface area contributed by atoms with Crippen LogP contribution in [0.25, 0.3) is 0 Å². The third-order valence-electron chi connectivity index (χ3n) is 4.36. The molecule has 0 aliphatic heterocycles. The fourth-order valence-electron chi connectivity index (χ4n) is 3.05. The summed E-state index contributed by atoms with van der Waals surface area (Å²) < 4.78 is 0. The SMILES string of the molecule is Cc1cccc(CNC(=O)C[C@@H](c2cccc(O)c2)c2ccccc2Cl)n1. The van der Waals surface area contributed by atoms with E-state index in [9.17, 15) is 9.90 Å². The number of hydrogen-bond donors (Lipinski definition) is 2. The van der Waals surface area contributed by atoms with Crippen molar-refractivity contribution in [1.29, 1.82) is 0 Å². The van der Waals surface area contributed by atoms with Gasteiger partial charge in [0.1, 0.15) is 5.75 Å². The molecule has 27 heavy (non-hydrogen) atoms. The normalized spacial score (nSPS) is 11.8. The van der Waals surface area contributed by atoms with E-state index in [-0.39, 0.29) is 24.0 Å². The summed E-state index contributed by atoms with van der Waals surface area (Å²) in [5.74, 6) is -0.197. The number of benzene rings is 2. The Morgan fingerprint density at radius 3 is 2.63 bits per heavy atom. The van der Waals surface area contributed by atoms with Gasteiger partial charge in [-0.25, -0.2) is 0 Å². The van der Waals surface area contributed by atoms with Gasteiger partial charge in [-0.2, -0.15) is 0 Å². The average Bonchev–Trinajstić information content (AvgIpc) is 2.65. The first-order chi connectivity index (χ1) is 13.0. The molecule has 0 bridgehead atoms. The molecule has 0 aliphatic rings. The molecule has 0 unspecified atom stereocenters. The highest BCUT2D eigenvalue weighted by Gasteiger charge is 2.21. The zero-order chi connectivity index (χ0) is 19.2. The number of nitrogens with zero attached hydrogens (tertiary/aromatic N) is 1. The van der Waals surface area contributed by atoms with Crippen LogP contribution in [-0.4, -0.2) is 16.0 Å². The zero-order valence-electron chi connectivity index (χ0n) is 15.0. The molecule has 1 aromatic heterocycles. The Bertz CT molecular complexity index is 943. The lowest BCUT2D eigenvalue weighted by atomic mass is 9.88. The van der Waals surface area contributed by atoms with E-state index in [1.165, 1.54) is 0 Å². The van der Waals surface area contributed by atoms with E-state index in [0.717, 1.165) is 22.5 Å². The van der Waals surface area contributed by atoms with Gasteiger partial charge >= 0.3 is 0 Å². The van der Waals surface area contributed by atoms with Crippen molar-refractivity contribution in [2.45, 2.75) is 25.8 Å². The summed E-state index contributed by atoms with van der Waals surface area (Å²) >= 11 is 6.38. The predicted molar refractivity (Wildman–Crippen MR) is 107 cm³/mol. The number of phenols is 1. The van der Waals surface area contributed by atoms with Crippen molar-refractivity contribution in [3.05, 3.63) is 94.3 Å². The van der Waals surface area contributed by atoms with Crippen LogP contribution >= 0.6 is 11.6 Å². The van der Waals surface area contributed by atoms with Gasteiger partial charge in [-0.3, -0.25) is 9.78 Å². The van der Waals surface area contributed by atoms with E-state index in [2.05, 4.69) is 10.3 Å². The molecule has 0 aliphatic carbocycles. The molecular weight excluding hydrogens is 360 g/mol. The summed E-state index contributed by atoms with van der Waals surface area (Å²) in [6.07, 6.45) is 0.221. The molecule has 1 amide bonds. The summed E-state index contributed by atoms with van der Waals surface area (Å²) in [5.41, 5.74) is 3.42. The number of aryl methyl sites for hydroxylation is 1. The fraction of sp³-hybridized carbons (Fsp3) is 0.182. The molecule has 4 nitrogen and oxygen atoms in total. The third-order valence-corrected chi connectivity index (χ3v) is 4.70. The minimum atomic E-state index is -0.253. The van der Waals surface area contributed by atoms with Gasteiger partial charge in [0.25, 0.3) is 0 Å². The maximum absolute atomic E-state index is 12.6. The number of carbonyl (C=O) groups excluding carboxylic acids is 1. The quantitative estimate of drug-likeness (QED) is 0.657. The number of carbonyl (C=O) groups is 1. The largest absolute Gasteiger partial charge is 0.508 e. The number of hydrogen-bond acceptors (Lipinski definition) is 3. The highest BCUT2D eigenvalue weighted by molar-refractivity contribution is 6.31. The Balaban J connectivity index is 1.79. The van der Waals surface area contributed by atoms with Crippen LogP contribution in [0.2, 0.25) is 5.02 Å². The van der Waals surface area contributed by atoms with Gasteiger partial charge in [0.2, 0.25) is 5.91 Å². The second-order valence-corrected chi connectivity index (χ2v) is 6.83. The number of pyridine rings is 1.